The van der Waals surface area contributed by atoms with Crippen LogP contribution in [0.5, 0.6) is 0 Å². The summed E-state index contributed by atoms with van der Waals surface area (Å²) < 4.78 is 0. The number of halogens is 1. The Morgan fingerprint density at radius 1 is 1.65 bits per heavy atom. The van der Waals surface area contributed by atoms with Gasteiger partial charge in [-0.25, -0.2) is 0 Å². The molecule has 0 aromatic carbocycles. The van der Waals surface area contributed by atoms with Crippen molar-refractivity contribution in [3.8, 4) is 0 Å². The van der Waals surface area contributed by atoms with Gasteiger partial charge in [0.15, 0.2) is 5.78 Å². The third-order valence-electron chi connectivity index (χ3n) is 4.67. The molecule has 2 rings (SSSR count). The zero-order chi connectivity index (χ0) is 12.6. The van der Waals surface area contributed by atoms with Crippen molar-refractivity contribution < 1.29 is 4.79 Å². The summed E-state index contributed by atoms with van der Waals surface area (Å²) in [5.74, 6) is 1.76. The van der Waals surface area contributed by atoms with Crippen LogP contribution in [0.25, 0.3) is 0 Å². The fourth-order valence-electron chi connectivity index (χ4n) is 3.42. The fraction of sp³-hybridized carbons (Fsp3) is 0.667. The highest BCUT2D eigenvalue weighted by molar-refractivity contribution is 6.18. The molecule has 0 saturated heterocycles. The number of ketones is 1. The van der Waals surface area contributed by atoms with Gasteiger partial charge in [0, 0.05) is 17.7 Å². The molecule has 2 aliphatic rings. The molecule has 17 heavy (non-hydrogen) atoms. The average molecular weight is 253 g/mol. The van der Waals surface area contributed by atoms with Gasteiger partial charge < -0.3 is 0 Å². The topological polar surface area (TPSA) is 17.1 Å². The van der Waals surface area contributed by atoms with E-state index in [1.54, 1.807) is 0 Å². The lowest BCUT2D eigenvalue weighted by atomic mass is 9.57. The van der Waals surface area contributed by atoms with E-state index in [4.69, 9.17) is 11.6 Å². The maximum Gasteiger partial charge on any atom is 0.159 e. The molecule has 0 spiro atoms. The number of Topliss-reactive ketones (excluding diaryl/α,β-unsaturated/α-hetero) is 1. The molecule has 1 fully saturated rings. The first-order chi connectivity index (χ1) is 7.99. The second-order valence-corrected chi connectivity index (χ2v) is 6.15. The van der Waals surface area contributed by atoms with Crippen LogP contribution < -0.4 is 0 Å². The minimum Gasteiger partial charge on any atom is -0.295 e. The molecule has 2 heteroatoms. The monoisotopic (exact) mass is 252 g/mol. The van der Waals surface area contributed by atoms with Crippen LogP contribution in [0.2, 0.25) is 0 Å². The molecule has 0 amide bonds. The highest BCUT2D eigenvalue weighted by atomic mass is 35.5. The molecule has 0 bridgehead atoms. The number of allylic oxidation sites excluding steroid dienone is 3. The van der Waals surface area contributed by atoms with Crippen LogP contribution in [0.3, 0.4) is 0 Å². The molecule has 1 nitrogen and oxygen atoms in total. The number of carbonyl (C=O) groups excluding carboxylic acids is 1. The van der Waals surface area contributed by atoms with Gasteiger partial charge >= 0.3 is 0 Å². The Hall–Kier alpha value is -0.560. The van der Waals surface area contributed by atoms with Crippen LogP contribution in [-0.4, -0.2) is 11.7 Å². The molecule has 3 atom stereocenters. The van der Waals surface area contributed by atoms with Crippen molar-refractivity contribution in [1.29, 1.82) is 0 Å². The van der Waals surface area contributed by atoms with Crippen LogP contribution in [-0.2, 0) is 4.79 Å². The van der Waals surface area contributed by atoms with Crippen molar-refractivity contribution in [3.63, 3.8) is 0 Å². The molecule has 0 heterocycles. The number of carbonyl (C=O) groups is 1. The maximum absolute atomic E-state index is 12.3. The summed E-state index contributed by atoms with van der Waals surface area (Å²) in [6.45, 7) is 8.28. The van der Waals surface area contributed by atoms with E-state index in [1.807, 2.05) is 6.92 Å². The van der Waals surface area contributed by atoms with Crippen molar-refractivity contribution in [1.82, 2.24) is 0 Å². The van der Waals surface area contributed by atoms with Crippen molar-refractivity contribution in [3.05, 3.63) is 23.8 Å². The van der Waals surface area contributed by atoms with Crippen LogP contribution in [0.15, 0.2) is 23.8 Å². The SMILES string of the molecule is C=C(C)C1CC(=O)C2=CCCC(CCl)C2(C)C1. The molecule has 0 N–H and O–H groups in total. The number of alkyl halides is 1. The zero-order valence-electron chi connectivity index (χ0n) is 10.8. The molecular formula is C15H21ClO. The molecule has 0 aromatic heterocycles. The van der Waals surface area contributed by atoms with Gasteiger partial charge in [-0.05, 0) is 43.6 Å². The van der Waals surface area contributed by atoms with Gasteiger partial charge in [-0.3, -0.25) is 4.79 Å². The number of rotatable bonds is 2. The van der Waals surface area contributed by atoms with E-state index in [1.165, 1.54) is 0 Å². The first-order valence-electron chi connectivity index (χ1n) is 6.44. The highest BCUT2D eigenvalue weighted by Gasteiger charge is 2.46. The minimum atomic E-state index is -0.0149. The lowest BCUT2D eigenvalue weighted by Crippen LogP contribution is -2.42. The standard InChI is InChI=1S/C15H21ClO/c1-10(2)11-7-14(17)13-6-4-5-12(9-16)15(13,3)8-11/h6,11-12H,1,4-5,7-9H2,2-3H3. The van der Waals surface area contributed by atoms with Crippen molar-refractivity contribution in [2.24, 2.45) is 17.3 Å². The van der Waals surface area contributed by atoms with Crippen molar-refractivity contribution in [2.45, 2.75) is 39.5 Å². The third kappa shape index (κ3) is 2.10. The van der Waals surface area contributed by atoms with Crippen LogP contribution >= 0.6 is 11.6 Å². The van der Waals surface area contributed by atoms with Gasteiger partial charge in [0.05, 0.1) is 0 Å². The Morgan fingerprint density at radius 3 is 2.94 bits per heavy atom. The number of hydrogen-bond donors (Lipinski definition) is 0. The van der Waals surface area contributed by atoms with Crippen molar-refractivity contribution in [2.75, 3.05) is 5.88 Å². The second-order valence-electron chi connectivity index (χ2n) is 5.84. The molecular weight excluding hydrogens is 232 g/mol. The lowest BCUT2D eigenvalue weighted by Gasteiger charge is -2.47. The normalized spacial score (nSPS) is 37.4. The molecule has 3 unspecified atom stereocenters. The zero-order valence-corrected chi connectivity index (χ0v) is 11.5. The summed E-state index contributed by atoms with van der Waals surface area (Å²) in [6, 6.07) is 0. The Labute approximate surface area is 109 Å². The molecule has 0 aromatic rings. The molecule has 0 radical (unpaired) electrons. The van der Waals surface area contributed by atoms with E-state index in [0.29, 0.717) is 29.9 Å². The van der Waals surface area contributed by atoms with E-state index in [2.05, 4.69) is 19.6 Å². The van der Waals surface area contributed by atoms with E-state index < -0.39 is 0 Å². The van der Waals surface area contributed by atoms with Gasteiger partial charge in [-0.1, -0.05) is 25.2 Å². The van der Waals surface area contributed by atoms with Crippen LogP contribution in [0, 0.1) is 17.3 Å². The summed E-state index contributed by atoms with van der Waals surface area (Å²) in [6.07, 6.45) is 5.95. The summed E-state index contributed by atoms with van der Waals surface area (Å²) in [5, 5.41) is 0. The van der Waals surface area contributed by atoms with Gasteiger partial charge in [-0.2, -0.15) is 0 Å². The molecule has 1 saturated carbocycles. The largest absolute Gasteiger partial charge is 0.295 e. The molecule has 0 aliphatic heterocycles. The van der Waals surface area contributed by atoms with E-state index >= 15 is 0 Å². The quantitative estimate of drug-likeness (QED) is 0.534. The maximum atomic E-state index is 12.3. The Bertz CT molecular complexity index is 382. The van der Waals surface area contributed by atoms with Crippen LogP contribution in [0.1, 0.15) is 39.5 Å². The Kier molecular flexibility index (Phi) is 3.49. The third-order valence-corrected chi connectivity index (χ3v) is 5.04. The summed E-state index contributed by atoms with van der Waals surface area (Å²) in [4.78, 5) is 12.3. The Balaban J connectivity index is 2.36. The van der Waals surface area contributed by atoms with Gasteiger partial charge in [0.1, 0.15) is 0 Å². The predicted octanol–water partition coefficient (Wildman–Crippen LogP) is 4.12. The average Bonchev–Trinajstić information content (AvgIpc) is 2.27. The summed E-state index contributed by atoms with van der Waals surface area (Å²) in [5.41, 5.74) is 2.17. The first kappa shape index (κ1) is 12.9. The fourth-order valence-corrected chi connectivity index (χ4v) is 3.92. The predicted molar refractivity (Wildman–Crippen MR) is 72.2 cm³/mol. The first-order valence-corrected chi connectivity index (χ1v) is 6.97. The second kappa shape index (κ2) is 4.61. The summed E-state index contributed by atoms with van der Waals surface area (Å²) in [7, 11) is 0. The molecule has 2 aliphatic carbocycles. The van der Waals surface area contributed by atoms with Crippen LogP contribution in [0.4, 0.5) is 0 Å². The van der Waals surface area contributed by atoms with Crippen molar-refractivity contribution >= 4 is 17.4 Å². The van der Waals surface area contributed by atoms with E-state index in [0.717, 1.165) is 30.4 Å². The number of fused-ring (bicyclic) bond motifs is 1. The minimum absolute atomic E-state index is 0.0149. The lowest BCUT2D eigenvalue weighted by molar-refractivity contribution is -0.120. The summed E-state index contributed by atoms with van der Waals surface area (Å²) >= 11 is 6.10. The van der Waals surface area contributed by atoms with Gasteiger partial charge in [0.2, 0.25) is 0 Å². The Morgan fingerprint density at radius 2 is 2.35 bits per heavy atom. The smallest absolute Gasteiger partial charge is 0.159 e. The molecule has 94 valence electrons. The van der Waals surface area contributed by atoms with E-state index in [-0.39, 0.29) is 5.41 Å². The van der Waals surface area contributed by atoms with E-state index in [9.17, 15) is 4.79 Å². The number of hydrogen-bond acceptors (Lipinski definition) is 1. The van der Waals surface area contributed by atoms with Gasteiger partial charge in [-0.15, -0.1) is 11.6 Å². The van der Waals surface area contributed by atoms with Gasteiger partial charge in [0.25, 0.3) is 0 Å². The highest BCUT2D eigenvalue weighted by Crippen LogP contribution is 2.52.